The number of carbonyl (C=O) groups excluding carboxylic acids is 1. The molecule has 1 aromatic heterocycles. The van der Waals surface area contributed by atoms with E-state index in [2.05, 4.69) is 34.3 Å². The molecule has 0 aromatic carbocycles. The maximum Gasteiger partial charge on any atom is 0.228 e. The molecule has 4 aliphatic carbocycles. The van der Waals surface area contributed by atoms with E-state index in [1.54, 1.807) is 11.3 Å². The highest BCUT2D eigenvalue weighted by atomic mass is 79.9. The number of alkyl halides is 1. The second-order valence-electron chi connectivity index (χ2n) is 8.08. The molecule has 4 aliphatic rings. The van der Waals surface area contributed by atoms with E-state index in [9.17, 15) is 4.79 Å². The molecule has 120 valence electrons. The molecule has 2 atom stereocenters. The monoisotopic (exact) mass is 381 g/mol. The number of hydrogen-bond acceptors (Lipinski definition) is 2. The van der Waals surface area contributed by atoms with Crippen molar-refractivity contribution in [1.29, 1.82) is 0 Å². The van der Waals surface area contributed by atoms with Crippen LogP contribution in [0.15, 0.2) is 11.4 Å². The quantitative estimate of drug-likeness (QED) is 0.691. The number of nitrogens with zero attached hydrogens (tertiary/aromatic N) is 1. The molecular weight excluding hydrogens is 358 g/mol. The van der Waals surface area contributed by atoms with Crippen molar-refractivity contribution < 1.29 is 4.79 Å². The number of rotatable bonds is 3. The van der Waals surface area contributed by atoms with Crippen LogP contribution in [0.4, 0.5) is 0 Å². The molecule has 4 bridgehead atoms. The number of amides is 1. The Morgan fingerprint density at radius 2 is 2.05 bits per heavy atom. The van der Waals surface area contributed by atoms with Gasteiger partial charge in [0.05, 0.1) is 12.0 Å². The summed E-state index contributed by atoms with van der Waals surface area (Å²) in [5.41, 5.74) is 1.24. The van der Waals surface area contributed by atoms with E-state index < -0.39 is 0 Å². The minimum Gasteiger partial charge on any atom is -0.340 e. The van der Waals surface area contributed by atoms with Crippen LogP contribution in [0.3, 0.4) is 0 Å². The molecule has 4 saturated carbocycles. The van der Waals surface area contributed by atoms with Gasteiger partial charge in [-0.2, -0.15) is 0 Å². The summed E-state index contributed by atoms with van der Waals surface area (Å²) in [7, 11) is 2.00. The minimum atomic E-state index is -0.0759. The summed E-state index contributed by atoms with van der Waals surface area (Å²) in [5, 5.41) is 2.13. The summed E-state index contributed by atoms with van der Waals surface area (Å²) in [4.78, 5) is 16.6. The van der Waals surface area contributed by atoms with Gasteiger partial charge in [-0.1, -0.05) is 15.9 Å². The van der Waals surface area contributed by atoms with Crippen LogP contribution in [-0.2, 0) is 11.3 Å². The van der Waals surface area contributed by atoms with Crippen LogP contribution < -0.4 is 0 Å². The van der Waals surface area contributed by atoms with Gasteiger partial charge in [-0.3, -0.25) is 4.79 Å². The van der Waals surface area contributed by atoms with Crippen molar-refractivity contribution in [3.63, 3.8) is 0 Å². The van der Waals surface area contributed by atoms with Crippen molar-refractivity contribution in [3.05, 3.63) is 21.9 Å². The van der Waals surface area contributed by atoms with Gasteiger partial charge in [-0.15, -0.1) is 11.3 Å². The lowest BCUT2D eigenvalue weighted by molar-refractivity contribution is -0.154. The Bertz CT molecular complexity index is 596. The van der Waals surface area contributed by atoms with E-state index in [0.717, 1.165) is 37.6 Å². The van der Waals surface area contributed by atoms with E-state index in [-0.39, 0.29) is 9.74 Å². The molecular formula is C18H24BrNOS. The summed E-state index contributed by atoms with van der Waals surface area (Å²) in [6.45, 7) is 2.91. The molecule has 0 aliphatic heterocycles. The summed E-state index contributed by atoms with van der Waals surface area (Å²) in [6, 6.07) is 2.15. The van der Waals surface area contributed by atoms with Gasteiger partial charge in [0.2, 0.25) is 5.91 Å². The third kappa shape index (κ3) is 2.37. The van der Waals surface area contributed by atoms with Gasteiger partial charge in [0.25, 0.3) is 0 Å². The number of hydrogen-bond donors (Lipinski definition) is 0. The lowest BCUT2D eigenvalue weighted by Gasteiger charge is -2.60. The van der Waals surface area contributed by atoms with Gasteiger partial charge in [0.1, 0.15) is 0 Å². The summed E-state index contributed by atoms with van der Waals surface area (Å²) in [5.74, 6) is 1.93. The van der Waals surface area contributed by atoms with Gasteiger partial charge < -0.3 is 4.90 Å². The van der Waals surface area contributed by atoms with Crippen molar-refractivity contribution in [2.75, 3.05) is 7.05 Å². The molecule has 1 aromatic rings. The highest BCUT2D eigenvalue weighted by Gasteiger charge is 2.60. The molecule has 22 heavy (non-hydrogen) atoms. The Balaban J connectivity index is 1.56. The zero-order chi connectivity index (χ0) is 15.5. The first-order chi connectivity index (χ1) is 10.4. The predicted molar refractivity (Wildman–Crippen MR) is 94.3 cm³/mol. The summed E-state index contributed by atoms with van der Waals surface area (Å²) < 4.78 is 0.256. The predicted octanol–water partition coefficient (Wildman–Crippen LogP) is 4.75. The zero-order valence-electron chi connectivity index (χ0n) is 13.4. The minimum absolute atomic E-state index is 0.0759. The van der Waals surface area contributed by atoms with E-state index >= 15 is 0 Å². The molecule has 1 heterocycles. The molecule has 0 saturated heterocycles. The summed E-state index contributed by atoms with van der Waals surface area (Å²) >= 11 is 5.78. The first-order valence-corrected chi connectivity index (χ1v) is 10.0. The maximum atomic E-state index is 13.3. The van der Waals surface area contributed by atoms with Gasteiger partial charge in [-0.25, -0.2) is 0 Å². The molecule has 0 spiro atoms. The molecule has 4 fully saturated rings. The highest BCUT2D eigenvalue weighted by Crippen LogP contribution is 2.64. The Hall–Kier alpha value is -0.350. The smallest absolute Gasteiger partial charge is 0.228 e. The molecule has 2 unspecified atom stereocenters. The number of aryl methyl sites for hydroxylation is 1. The fraction of sp³-hybridized carbons (Fsp3) is 0.722. The van der Waals surface area contributed by atoms with Crippen LogP contribution in [0.5, 0.6) is 0 Å². The average molecular weight is 382 g/mol. The second-order valence-corrected chi connectivity index (χ2v) is 10.8. The first-order valence-electron chi connectivity index (χ1n) is 8.37. The molecule has 2 nitrogen and oxygen atoms in total. The van der Waals surface area contributed by atoms with Crippen LogP contribution in [0, 0.1) is 24.2 Å². The van der Waals surface area contributed by atoms with Crippen molar-refractivity contribution in [3.8, 4) is 0 Å². The fourth-order valence-electron chi connectivity index (χ4n) is 5.66. The number of halogens is 1. The zero-order valence-corrected chi connectivity index (χ0v) is 15.8. The lowest BCUT2D eigenvalue weighted by Crippen LogP contribution is -2.58. The number of carbonyl (C=O) groups is 1. The van der Waals surface area contributed by atoms with Crippen molar-refractivity contribution in [2.45, 2.75) is 56.3 Å². The van der Waals surface area contributed by atoms with E-state index in [0.29, 0.717) is 5.91 Å². The molecule has 4 heteroatoms. The van der Waals surface area contributed by atoms with Crippen LogP contribution in [0.2, 0.25) is 0 Å². The van der Waals surface area contributed by atoms with Crippen molar-refractivity contribution in [2.24, 2.45) is 17.3 Å². The molecule has 0 N–H and O–H groups in total. The average Bonchev–Trinajstić information content (AvgIpc) is 2.80. The van der Waals surface area contributed by atoms with E-state index in [1.165, 1.54) is 29.7 Å². The fourth-order valence-corrected chi connectivity index (χ4v) is 8.07. The third-order valence-electron chi connectivity index (χ3n) is 6.14. The van der Waals surface area contributed by atoms with Crippen LogP contribution in [-0.4, -0.2) is 22.2 Å². The largest absolute Gasteiger partial charge is 0.340 e. The van der Waals surface area contributed by atoms with E-state index in [1.807, 2.05) is 11.9 Å². The maximum absolute atomic E-state index is 13.3. The van der Waals surface area contributed by atoms with Crippen LogP contribution >= 0.6 is 27.3 Å². The highest BCUT2D eigenvalue weighted by molar-refractivity contribution is 9.10. The Morgan fingerprint density at radius 3 is 2.59 bits per heavy atom. The van der Waals surface area contributed by atoms with Crippen LogP contribution in [0.1, 0.15) is 49.0 Å². The Labute approximate surface area is 145 Å². The van der Waals surface area contributed by atoms with Crippen molar-refractivity contribution >= 4 is 33.2 Å². The van der Waals surface area contributed by atoms with E-state index in [4.69, 9.17) is 0 Å². The number of thiophene rings is 1. The third-order valence-corrected chi connectivity index (χ3v) is 8.07. The van der Waals surface area contributed by atoms with Gasteiger partial charge >= 0.3 is 0 Å². The molecule has 5 rings (SSSR count). The summed E-state index contributed by atoms with van der Waals surface area (Å²) in [6.07, 6.45) is 7.24. The second kappa shape index (κ2) is 5.07. The standard InChI is InChI=1S/C18H24BrNOS/c1-12-3-4-22-15(12)10-20(2)16(21)17-6-13-5-14(7-17)9-18(19,8-13)11-17/h3-4,13-14H,5-11H2,1-2H3. The SMILES string of the molecule is Cc1ccsc1CN(C)C(=O)C12CC3CC(CC(Br)(C3)C1)C2. The van der Waals surface area contributed by atoms with Crippen LogP contribution in [0.25, 0.3) is 0 Å². The molecule has 1 amide bonds. The van der Waals surface area contributed by atoms with Crippen molar-refractivity contribution in [1.82, 2.24) is 4.90 Å². The Kier molecular flexibility index (Phi) is 3.50. The first kappa shape index (κ1) is 15.2. The van der Waals surface area contributed by atoms with Gasteiger partial charge in [0, 0.05) is 16.2 Å². The lowest BCUT2D eigenvalue weighted by atomic mass is 9.49. The Morgan fingerprint density at radius 1 is 1.36 bits per heavy atom. The van der Waals surface area contributed by atoms with Gasteiger partial charge in [0.15, 0.2) is 0 Å². The molecule has 0 radical (unpaired) electrons. The normalized spacial score (nSPS) is 39.2. The van der Waals surface area contributed by atoms with Gasteiger partial charge in [-0.05, 0) is 74.3 Å². The topological polar surface area (TPSA) is 20.3 Å².